The third-order valence-corrected chi connectivity index (χ3v) is 7.44. The minimum absolute atomic E-state index is 0.0510. The van der Waals surface area contributed by atoms with E-state index in [0.29, 0.717) is 33.9 Å². The van der Waals surface area contributed by atoms with Gasteiger partial charge in [0.15, 0.2) is 11.6 Å². The zero-order chi connectivity index (χ0) is 26.7. The molecule has 1 aliphatic heterocycles. The van der Waals surface area contributed by atoms with Crippen LogP contribution in [0.2, 0.25) is 0 Å². The van der Waals surface area contributed by atoms with E-state index < -0.39 is 0 Å². The van der Waals surface area contributed by atoms with Crippen molar-refractivity contribution in [2.24, 2.45) is 0 Å². The highest BCUT2D eigenvalue weighted by Gasteiger charge is 2.34. The van der Waals surface area contributed by atoms with Gasteiger partial charge in [0.05, 0.1) is 37.6 Å². The van der Waals surface area contributed by atoms with Crippen molar-refractivity contribution >= 4 is 11.6 Å². The smallest absolute Gasteiger partial charge is 0.252 e. The number of aromatic hydroxyl groups is 2. The Kier molecular flexibility index (Phi) is 4.98. The van der Waals surface area contributed by atoms with E-state index >= 15 is 0 Å². The zero-order valence-corrected chi connectivity index (χ0v) is 21.5. The number of nitrogens with zero attached hydrogens (tertiary/aromatic N) is 5. The number of phenols is 2. The number of phenolic OH excluding ortho intramolecular Hbond substituents is 2. The summed E-state index contributed by atoms with van der Waals surface area (Å²) in [6, 6.07) is 31.0. The average molecular weight is 513 g/mol. The predicted octanol–water partition coefficient (Wildman–Crippen LogP) is 6.68. The number of quaternary nitrogens is 1. The Morgan fingerprint density at radius 1 is 0.513 bits per heavy atom. The minimum Gasteiger partial charge on any atom is -0.507 e. The quantitative estimate of drug-likeness (QED) is 0.254. The number of imidazole rings is 2. The van der Waals surface area contributed by atoms with Crippen molar-refractivity contribution in [1.82, 2.24) is 23.6 Å². The van der Waals surface area contributed by atoms with Crippen molar-refractivity contribution in [3.8, 4) is 56.8 Å². The van der Waals surface area contributed by atoms with Gasteiger partial charge in [0.2, 0.25) is 0 Å². The highest BCUT2D eigenvalue weighted by atomic mass is 16.3. The fraction of sp³-hybridized carbons (Fsp3) is 0.0625. The number of hydrogen-bond donors (Lipinski definition) is 2. The topological polar surface area (TPSA) is 76.1 Å². The molecule has 0 saturated carbocycles. The van der Waals surface area contributed by atoms with Crippen LogP contribution in [0.1, 0.15) is 0 Å². The molecule has 2 N–H and O–H groups in total. The zero-order valence-electron chi connectivity index (χ0n) is 21.5. The third-order valence-electron chi connectivity index (χ3n) is 7.44. The summed E-state index contributed by atoms with van der Waals surface area (Å²) >= 11 is 0. The molecule has 3 heterocycles. The summed E-state index contributed by atoms with van der Waals surface area (Å²) in [4.78, 5) is 10.2. The second kappa shape index (κ2) is 8.44. The van der Waals surface area contributed by atoms with Crippen LogP contribution in [0.5, 0.6) is 11.5 Å². The number of benzene rings is 4. The van der Waals surface area contributed by atoms with Gasteiger partial charge in [0.1, 0.15) is 11.5 Å². The summed E-state index contributed by atoms with van der Waals surface area (Å²) in [6.45, 7) is 0. The van der Waals surface area contributed by atoms with E-state index in [0.717, 1.165) is 23.0 Å². The molecule has 7 nitrogen and oxygen atoms in total. The van der Waals surface area contributed by atoms with Crippen LogP contribution in [0.15, 0.2) is 109 Å². The molecule has 7 rings (SSSR count). The number of para-hydroxylation sites is 4. The summed E-state index contributed by atoms with van der Waals surface area (Å²) in [5, 5.41) is 23.2. The molecule has 8 bridgehead atoms. The highest BCUT2D eigenvalue weighted by molar-refractivity contribution is 5.87. The molecule has 0 atom stereocenters. The van der Waals surface area contributed by atoms with Crippen molar-refractivity contribution in [2.75, 3.05) is 14.1 Å². The van der Waals surface area contributed by atoms with E-state index in [-0.39, 0.29) is 16.0 Å². The van der Waals surface area contributed by atoms with Gasteiger partial charge in [-0.25, -0.2) is 4.48 Å². The molecular weight excluding hydrogens is 486 g/mol. The standard InChI is InChI=1S/C32H25N5O2/c1-37(2)27-19-35(21-11-5-3-6-12-21)31(33-27)25-17-9-15-23(29(25)38)24-16-10-18-26(30(24)39)32-34-28(37)20-36(32)22-13-7-4-8-14-22/h3-20H,1-2H3,(H-,33,34,38,39)/p+1. The number of aromatic nitrogens is 4. The molecule has 1 aliphatic rings. The highest BCUT2D eigenvalue weighted by Crippen LogP contribution is 2.46. The molecule has 0 fully saturated rings. The van der Waals surface area contributed by atoms with Gasteiger partial charge in [-0.1, -0.05) is 60.7 Å². The van der Waals surface area contributed by atoms with Crippen molar-refractivity contribution in [2.45, 2.75) is 0 Å². The maximum absolute atomic E-state index is 11.6. The van der Waals surface area contributed by atoms with Crippen LogP contribution in [0.3, 0.4) is 0 Å². The van der Waals surface area contributed by atoms with E-state index in [4.69, 9.17) is 9.97 Å². The third kappa shape index (κ3) is 3.48. The molecule has 0 aliphatic carbocycles. The number of rotatable bonds is 2. The molecule has 0 spiro atoms. The normalized spacial score (nSPS) is 13.3. The van der Waals surface area contributed by atoms with Crippen molar-refractivity contribution in [3.63, 3.8) is 0 Å². The molecule has 0 saturated heterocycles. The molecule has 190 valence electrons. The van der Waals surface area contributed by atoms with Crippen LogP contribution < -0.4 is 4.48 Å². The van der Waals surface area contributed by atoms with E-state index in [1.807, 2.05) is 133 Å². The molecule has 7 heteroatoms. The second-order valence-electron chi connectivity index (χ2n) is 10.1. The first kappa shape index (κ1) is 23.0. The Morgan fingerprint density at radius 3 is 1.31 bits per heavy atom. The Labute approximate surface area is 225 Å². The minimum atomic E-state index is 0.0510. The average Bonchev–Trinajstić information content (AvgIpc) is 3.61. The Morgan fingerprint density at radius 2 is 0.897 bits per heavy atom. The van der Waals surface area contributed by atoms with Gasteiger partial charge in [0.25, 0.3) is 11.6 Å². The van der Waals surface area contributed by atoms with Gasteiger partial charge >= 0.3 is 0 Å². The van der Waals surface area contributed by atoms with Crippen molar-refractivity contribution in [1.29, 1.82) is 0 Å². The first-order valence-corrected chi connectivity index (χ1v) is 12.7. The summed E-state index contributed by atoms with van der Waals surface area (Å²) in [7, 11) is 4.07. The summed E-state index contributed by atoms with van der Waals surface area (Å²) in [5.41, 5.74) is 4.01. The van der Waals surface area contributed by atoms with Gasteiger partial charge in [-0.2, -0.15) is 9.97 Å². The van der Waals surface area contributed by atoms with Crippen LogP contribution >= 0.6 is 0 Å². The predicted molar refractivity (Wildman–Crippen MR) is 154 cm³/mol. The molecule has 39 heavy (non-hydrogen) atoms. The first-order chi connectivity index (χ1) is 18.9. The lowest BCUT2D eigenvalue weighted by Crippen LogP contribution is -2.35. The molecular formula is C32H26N5O2+. The molecule has 6 aromatic rings. The fourth-order valence-electron chi connectivity index (χ4n) is 5.23. The van der Waals surface area contributed by atoms with Gasteiger partial charge in [0, 0.05) is 22.5 Å². The van der Waals surface area contributed by atoms with E-state index in [9.17, 15) is 10.2 Å². The summed E-state index contributed by atoms with van der Waals surface area (Å²) < 4.78 is 4.22. The van der Waals surface area contributed by atoms with Crippen LogP contribution in [0.25, 0.3) is 45.3 Å². The maximum atomic E-state index is 11.6. The molecule has 4 aromatic carbocycles. The van der Waals surface area contributed by atoms with Crippen LogP contribution in [-0.4, -0.2) is 43.4 Å². The lowest BCUT2D eigenvalue weighted by Gasteiger charge is -2.22. The number of fused-ring (bicyclic) bond motifs is 11. The van der Waals surface area contributed by atoms with Gasteiger partial charge < -0.3 is 10.2 Å². The second-order valence-corrected chi connectivity index (χ2v) is 10.1. The Bertz CT molecular complexity index is 1720. The fourth-order valence-corrected chi connectivity index (χ4v) is 5.23. The lowest BCUT2D eigenvalue weighted by molar-refractivity contribution is 0.470. The first-order valence-electron chi connectivity index (χ1n) is 12.7. The maximum Gasteiger partial charge on any atom is 0.252 e. The van der Waals surface area contributed by atoms with Crippen LogP contribution in [0, 0.1) is 0 Å². The van der Waals surface area contributed by atoms with Gasteiger partial charge in [-0.15, -0.1) is 0 Å². The van der Waals surface area contributed by atoms with Gasteiger partial charge in [-0.3, -0.25) is 9.13 Å². The number of hydrogen-bond acceptors (Lipinski definition) is 4. The monoisotopic (exact) mass is 512 g/mol. The molecule has 2 aromatic heterocycles. The van der Waals surface area contributed by atoms with E-state index in [1.165, 1.54) is 0 Å². The molecule has 0 unspecified atom stereocenters. The summed E-state index contributed by atoms with van der Waals surface area (Å²) in [5.74, 6) is 2.79. The molecule has 0 radical (unpaired) electrons. The SMILES string of the molecule is C[N+]1(C)c2cn(-c3ccccc3)c(n2)-c2cccc(c2O)-c2cccc(c2O)-c2nc1cn2-c1ccccc1. The Hall–Kier alpha value is -5.14. The Balaban J connectivity index is 1.61. The van der Waals surface area contributed by atoms with Gasteiger partial charge in [-0.05, 0) is 36.4 Å². The van der Waals surface area contributed by atoms with E-state index in [1.54, 1.807) is 0 Å². The van der Waals surface area contributed by atoms with Crippen molar-refractivity contribution in [3.05, 3.63) is 109 Å². The molecule has 0 amide bonds. The van der Waals surface area contributed by atoms with Crippen LogP contribution in [0.4, 0.5) is 11.6 Å². The summed E-state index contributed by atoms with van der Waals surface area (Å²) in [6.07, 6.45) is 4.00. The van der Waals surface area contributed by atoms with Crippen LogP contribution in [-0.2, 0) is 0 Å². The lowest BCUT2D eigenvalue weighted by atomic mass is 9.97. The van der Waals surface area contributed by atoms with E-state index in [2.05, 4.69) is 0 Å². The van der Waals surface area contributed by atoms with Crippen molar-refractivity contribution < 1.29 is 10.2 Å². The largest absolute Gasteiger partial charge is 0.507 e.